The van der Waals surface area contributed by atoms with Gasteiger partial charge in [-0.1, -0.05) is 31.8 Å². The normalized spacial score (nSPS) is 29.9. The average molecular weight is 263 g/mol. The highest BCUT2D eigenvalue weighted by atomic mass is 16.5. The van der Waals surface area contributed by atoms with Gasteiger partial charge >= 0.3 is 0 Å². The molecule has 1 aliphatic heterocycles. The summed E-state index contributed by atoms with van der Waals surface area (Å²) in [6.07, 6.45) is 6.67. The van der Waals surface area contributed by atoms with Gasteiger partial charge < -0.3 is 9.42 Å². The molecule has 3 rings (SSSR count). The molecule has 1 saturated carbocycles. The van der Waals surface area contributed by atoms with Crippen molar-refractivity contribution in [3.63, 3.8) is 0 Å². The molecule has 0 aromatic carbocycles. The first-order chi connectivity index (χ1) is 9.09. The minimum Gasteiger partial charge on any atom is -0.343 e. The molecule has 1 aromatic heterocycles. The summed E-state index contributed by atoms with van der Waals surface area (Å²) in [4.78, 5) is 18.8. The van der Waals surface area contributed by atoms with E-state index in [2.05, 4.69) is 24.0 Å². The second kappa shape index (κ2) is 4.62. The summed E-state index contributed by atoms with van der Waals surface area (Å²) in [7, 11) is 0. The van der Waals surface area contributed by atoms with E-state index in [1.54, 1.807) is 0 Å². The molecule has 1 amide bonds. The molecule has 1 aromatic rings. The van der Waals surface area contributed by atoms with Gasteiger partial charge in [-0.25, -0.2) is 0 Å². The maximum absolute atomic E-state index is 12.7. The number of carbonyl (C=O) groups excluding carboxylic acids is 1. The van der Waals surface area contributed by atoms with Gasteiger partial charge in [0.25, 0.3) is 0 Å². The molecule has 5 nitrogen and oxygen atoms in total. The third-order valence-corrected chi connectivity index (χ3v) is 4.52. The lowest BCUT2D eigenvalue weighted by molar-refractivity contribution is -0.136. The zero-order chi connectivity index (χ0) is 13.5. The first-order valence-corrected chi connectivity index (χ1v) is 7.16. The molecule has 2 fully saturated rings. The fraction of sp³-hybridized carbons (Fsp3) is 0.786. The van der Waals surface area contributed by atoms with Crippen molar-refractivity contribution in [1.29, 1.82) is 0 Å². The van der Waals surface area contributed by atoms with Crippen molar-refractivity contribution in [3.8, 4) is 0 Å². The molecular weight excluding hydrogens is 242 g/mol. The van der Waals surface area contributed by atoms with Gasteiger partial charge in [-0.15, -0.1) is 0 Å². The van der Waals surface area contributed by atoms with Gasteiger partial charge in [-0.2, -0.15) is 4.98 Å². The summed E-state index contributed by atoms with van der Waals surface area (Å²) in [6.45, 7) is 5.15. The smallest absolute Gasteiger partial charge is 0.226 e. The Morgan fingerprint density at radius 1 is 1.42 bits per heavy atom. The third kappa shape index (κ3) is 2.38. The van der Waals surface area contributed by atoms with Crippen molar-refractivity contribution in [2.24, 2.45) is 11.3 Å². The first-order valence-electron chi connectivity index (χ1n) is 7.16. The molecule has 19 heavy (non-hydrogen) atoms. The molecular formula is C14H21N3O2. The molecule has 1 saturated heterocycles. The van der Waals surface area contributed by atoms with Crippen LogP contribution < -0.4 is 0 Å². The van der Waals surface area contributed by atoms with Gasteiger partial charge in [0.15, 0.2) is 5.82 Å². The Bertz CT molecular complexity index is 455. The van der Waals surface area contributed by atoms with E-state index in [0.717, 1.165) is 32.2 Å². The summed E-state index contributed by atoms with van der Waals surface area (Å²) in [5.74, 6) is 1.12. The highest BCUT2D eigenvalue weighted by molar-refractivity contribution is 5.82. The van der Waals surface area contributed by atoms with Crippen LogP contribution in [0.5, 0.6) is 0 Å². The van der Waals surface area contributed by atoms with Gasteiger partial charge in [0.2, 0.25) is 12.3 Å². The van der Waals surface area contributed by atoms with Crippen LogP contribution in [0.3, 0.4) is 0 Å². The highest BCUT2D eigenvalue weighted by Gasteiger charge is 2.53. The molecule has 104 valence electrons. The lowest BCUT2D eigenvalue weighted by atomic mass is 10.1. The molecule has 0 N–H and O–H groups in total. The number of likely N-dealkylation sites (tertiary alicyclic amines) is 1. The lowest BCUT2D eigenvalue weighted by Gasteiger charge is -2.28. The predicted octanol–water partition coefficient (Wildman–Crippen LogP) is 2.56. The van der Waals surface area contributed by atoms with Crippen LogP contribution in [0.4, 0.5) is 0 Å². The Labute approximate surface area is 113 Å². The highest BCUT2D eigenvalue weighted by Crippen LogP contribution is 2.53. The van der Waals surface area contributed by atoms with E-state index in [-0.39, 0.29) is 23.3 Å². The quantitative estimate of drug-likeness (QED) is 0.822. The largest absolute Gasteiger partial charge is 0.343 e. The number of aromatic nitrogens is 2. The Morgan fingerprint density at radius 2 is 2.21 bits per heavy atom. The van der Waals surface area contributed by atoms with Crippen LogP contribution >= 0.6 is 0 Å². The van der Waals surface area contributed by atoms with Crippen molar-refractivity contribution in [3.05, 3.63) is 12.2 Å². The van der Waals surface area contributed by atoms with Crippen molar-refractivity contribution < 1.29 is 9.32 Å². The summed E-state index contributed by atoms with van der Waals surface area (Å²) >= 11 is 0. The molecule has 0 unspecified atom stereocenters. The van der Waals surface area contributed by atoms with E-state index in [4.69, 9.17) is 4.52 Å². The minimum atomic E-state index is 0.00477. The fourth-order valence-corrected chi connectivity index (χ4v) is 3.06. The SMILES string of the molecule is CC1(C)C[C@@H]1C(=O)N1CCCCC[C@@H]1c1ncon1. The van der Waals surface area contributed by atoms with Gasteiger partial charge in [0.1, 0.15) is 0 Å². The van der Waals surface area contributed by atoms with Gasteiger partial charge in [-0.3, -0.25) is 4.79 Å². The third-order valence-electron chi connectivity index (χ3n) is 4.52. The zero-order valence-corrected chi connectivity index (χ0v) is 11.6. The van der Waals surface area contributed by atoms with Crippen molar-refractivity contribution in [1.82, 2.24) is 15.0 Å². The van der Waals surface area contributed by atoms with E-state index in [1.165, 1.54) is 12.8 Å². The summed E-state index contributed by atoms with van der Waals surface area (Å²) in [6, 6.07) is 0.00477. The number of hydrogen-bond donors (Lipinski definition) is 0. The van der Waals surface area contributed by atoms with Crippen molar-refractivity contribution >= 4 is 5.91 Å². The zero-order valence-electron chi connectivity index (χ0n) is 11.6. The van der Waals surface area contributed by atoms with Crippen LogP contribution in [0.2, 0.25) is 0 Å². The summed E-state index contributed by atoms with van der Waals surface area (Å²) in [5.41, 5.74) is 0.172. The van der Waals surface area contributed by atoms with Crippen LogP contribution in [-0.4, -0.2) is 27.5 Å². The van der Waals surface area contributed by atoms with Gasteiger partial charge in [-0.05, 0) is 24.7 Å². The van der Waals surface area contributed by atoms with Crippen LogP contribution in [0.15, 0.2) is 10.9 Å². The Hall–Kier alpha value is -1.39. The molecule has 2 atom stereocenters. The van der Waals surface area contributed by atoms with Gasteiger partial charge in [0.05, 0.1) is 6.04 Å². The molecule has 2 heterocycles. The number of amides is 1. The molecule has 0 radical (unpaired) electrons. The maximum Gasteiger partial charge on any atom is 0.226 e. The Balaban J connectivity index is 1.81. The number of nitrogens with zero attached hydrogens (tertiary/aromatic N) is 3. The van der Waals surface area contributed by atoms with Crippen molar-refractivity contribution in [2.45, 2.75) is 52.0 Å². The maximum atomic E-state index is 12.7. The number of rotatable bonds is 2. The Kier molecular flexibility index (Phi) is 3.07. The minimum absolute atomic E-state index is 0.00477. The predicted molar refractivity (Wildman–Crippen MR) is 69.1 cm³/mol. The van der Waals surface area contributed by atoms with E-state index in [0.29, 0.717) is 5.82 Å². The number of carbonyl (C=O) groups is 1. The monoisotopic (exact) mass is 263 g/mol. The van der Waals surface area contributed by atoms with E-state index in [1.807, 2.05) is 4.90 Å². The standard InChI is InChI=1S/C14H21N3O2/c1-14(2)8-10(14)13(18)17-7-5-3-4-6-11(17)12-15-9-19-16-12/h9-11H,3-8H2,1-2H3/t10-,11-/m1/s1. The van der Waals surface area contributed by atoms with Crippen LogP contribution in [0.1, 0.15) is 57.8 Å². The number of hydrogen-bond acceptors (Lipinski definition) is 4. The summed E-state index contributed by atoms with van der Waals surface area (Å²) in [5, 5.41) is 3.95. The van der Waals surface area contributed by atoms with Crippen LogP contribution in [-0.2, 0) is 4.79 Å². The second-order valence-corrected chi connectivity index (χ2v) is 6.43. The summed E-state index contributed by atoms with van der Waals surface area (Å²) < 4.78 is 4.85. The van der Waals surface area contributed by atoms with E-state index >= 15 is 0 Å². The van der Waals surface area contributed by atoms with Gasteiger partial charge in [0, 0.05) is 12.5 Å². The van der Waals surface area contributed by atoms with E-state index < -0.39 is 0 Å². The molecule has 5 heteroatoms. The Morgan fingerprint density at radius 3 is 2.84 bits per heavy atom. The molecule has 0 spiro atoms. The average Bonchev–Trinajstić information content (AvgIpc) is 2.80. The molecule has 0 bridgehead atoms. The second-order valence-electron chi connectivity index (χ2n) is 6.43. The van der Waals surface area contributed by atoms with Crippen LogP contribution in [0, 0.1) is 11.3 Å². The molecule has 2 aliphatic rings. The van der Waals surface area contributed by atoms with Crippen molar-refractivity contribution in [2.75, 3.05) is 6.54 Å². The van der Waals surface area contributed by atoms with E-state index in [9.17, 15) is 4.79 Å². The van der Waals surface area contributed by atoms with Crippen LogP contribution in [0.25, 0.3) is 0 Å². The topological polar surface area (TPSA) is 59.2 Å². The first kappa shape index (κ1) is 12.6. The molecule has 1 aliphatic carbocycles. The lowest BCUT2D eigenvalue weighted by Crippen LogP contribution is -2.37. The fourth-order valence-electron chi connectivity index (χ4n) is 3.06.